The summed E-state index contributed by atoms with van der Waals surface area (Å²) in [7, 11) is -3.26. The summed E-state index contributed by atoms with van der Waals surface area (Å²) in [5.74, 6) is -0.823. The molecule has 3 N–H and O–H groups in total. The molecule has 1 atom stereocenters. The van der Waals surface area contributed by atoms with E-state index in [1.54, 1.807) is 0 Å². The van der Waals surface area contributed by atoms with Crippen LogP contribution in [-0.2, 0) is 14.6 Å². The van der Waals surface area contributed by atoms with Gasteiger partial charge in [0.25, 0.3) is 0 Å². The molecule has 0 aliphatic heterocycles. The minimum atomic E-state index is -3.26. The Kier molecular flexibility index (Phi) is 6.98. The van der Waals surface area contributed by atoms with E-state index in [9.17, 15) is 18.0 Å². The first-order valence-corrected chi connectivity index (χ1v) is 8.28. The molecule has 0 saturated carbocycles. The number of carbonyl (C=O) groups is 2. The van der Waals surface area contributed by atoms with Crippen molar-refractivity contribution >= 4 is 21.8 Å². The normalized spacial score (nSPS) is 13.6. The molecule has 0 saturated heterocycles. The summed E-state index contributed by atoms with van der Waals surface area (Å²) in [5, 5.41) is 13.6. The van der Waals surface area contributed by atoms with Gasteiger partial charge in [-0.05, 0) is 26.2 Å². The number of hydrogen-bond acceptors (Lipinski definition) is 4. The summed E-state index contributed by atoms with van der Waals surface area (Å²) >= 11 is 0. The lowest BCUT2D eigenvalue weighted by Crippen LogP contribution is -2.47. The molecule has 0 heterocycles. The Labute approximate surface area is 120 Å². The number of carboxylic acids is 1. The lowest BCUT2D eigenvalue weighted by molar-refractivity contribution is -0.137. The van der Waals surface area contributed by atoms with Crippen LogP contribution in [0.1, 0.15) is 33.6 Å². The molecule has 0 aromatic heterocycles. The van der Waals surface area contributed by atoms with Gasteiger partial charge in [-0.25, -0.2) is 13.2 Å². The minimum Gasteiger partial charge on any atom is -0.481 e. The number of rotatable bonds is 8. The summed E-state index contributed by atoms with van der Waals surface area (Å²) in [4.78, 5) is 21.9. The third-order valence-electron chi connectivity index (χ3n) is 3.14. The van der Waals surface area contributed by atoms with Crippen LogP contribution in [0, 0.1) is 5.92 Å². The van der Waals surface area contributed by atoms with Crippen LogP contribution >= 0.6 is 0 Å². The Morgan fingerprint density at radius 3 is 2.25 bits per heavy atom. The van der Waals surface area contributed by atoms with Gasteiger partial charge in [-0.3, -0.25) is 4.79 Å². The standard InChI is InChI=1S/C12H24N2O5S/c1-9(5-6-10(15)16)7-13-11(17)14-8-12(2,3)20(4,18)19/h9H,5-8H2,1-4H3,(H,15,16)(H2,13,14,17). The van der Waals surface area contributed by atoms with Crippen molar-refractivity contribution in [3.8, 4) is 0 Å². The van der Waals surface area contributed by atoms with Gasteiger partial charge in [0.05, 0.1) is 4.75 Å². The Balaban J connectivity index is 4.05. The van der Waals surface area contributed by atoms with Crippen LogP contribution in [0.15, 0.2) is 0 Å². The van der Waals surface area contributed by atoms with Gasteiger partial charge < -0.3 is 15.7 Å². The second kappa shape index (κ2) is 7.47. The average molecular weight is 308 g/mol. The van der Waals surface area contributed by atoms with Crippen molar-refractivity contribution in [2.75, 3.05) is 19.3 Å². The van der Waals surface area contributed by atoms with Crippen molar-refractivity contribution in [1.29, 1.82) is 0 Å². The van der Waals surface area contributed by atoms with Crippen molar-refractivity contribution in [3.05, 3.63) is 0 Å². The van der Waals surface area contributed by atoms with Crippen LogP contribution in [-0.4, -0.2) is 49.6 Å². The SMILES string of the molecule is CC(CCC(=O)O)CNC(=O)NCC(C)(C)S(C)(=O)=O. The summed E-state index contributed by atoms with van der Waals surface area (Å²) in [6.45, 7) is 5.28. The average Bonchev–Trinajstić information content (AvgIpc) is 2.29. The lowest BCUT2D eigenvalue weighted by Gasteiger charge is -2.23. The number of amides is 2. The van der Waals surface area contributed by atoms with Crippen LogP contribution in [0.4, 0.5) is 4.79 Å². The number of hydrogen-bond donors (Lipinski definition) is 3. The van der Waals surface area contributed by atoms with E-state index >= 15 is 0 Å². The molecular weight excluding hydrogens is 284 g/mol. The fraction of sp³-hybridized carbons (Fsp3) is 0.833. The summed E-state index contributed by atoms with van der Waals surface area (Å²) in [6.07, 6.45) is 1.66. The van der Waals surface area contributed by atoms with E-state index in [-0.39, 0.29) is 18.9 Å². The second-order valence-electron chi connectivity index (χ2n) is 5.63. The van der Waals surface area contributed by atoms with E-state index in [1.807, 2.05) is 6.92 Å². The quantitative estimate of drug-likeness (QED) is 0.608. The smallest absolute Gasteiger partial charge is 0.314 e. The first-order valence-electron chi connectivity index (χ1n) is 6.39. The molecule has 118 valence electrons. The molecule has 0 fully saturated rings. The molecule has 2 amide bonds. The molecular formula is C12H24N2O5S. The highest BCUT2D eigenvalue weighted by Crippen LogP contribution is 2.13. The van der Waals surface area contributed by atoms with Gasteiger partial charge in [0.2, 0.25) is 0 Å². The van der Waals surface area contributed by atoms with Gasteiger partial charge in [0.1, 0.15) is 0 Å². The topological polar surface area (TPSA) is 113 Å². The Morgan fingerprint density at radius 2 is 1.80 bits per heavy atom. The molecule has 20 heavy (non-hydrogen) atoms. The molecule has 0 radical (unpaired) electrons. The molecule has 1 unspecified atom stereocenters. The predicted octanol–water partition coefficient (Wildman–Crippen LogP) is 0.610. The zero-order valence-corrected chi connectivity index (χ0v) is 13.2. The molecule has 0 spiro atoms. The summed E-state index contributed by atoms with van der Waals surface area (Å²) in [5.41, 5.74) is 0. The van der Waals surface area contributed by atoms with Crippen molar-refractivity contribution in [1.82, 2.24) is 10.6 Å². The molecule has 8 heteroatoms. The second-order valence-corrected chi connectivity index (χ2v) is 8.28. The maximum atomic E-state index is 11.5. The molecule has 0 aromatic rings. The third kappa shape index (κ3) is 7.32. The van der Waals surface area contributed by atoms with E-state index in [1.165, 1.54) is 13.8 Å². The summed E-state index contributed by atoms with van der Waals surface area (Å²) in [6, 6.07) is -0.455. The molecule has 7 nitrogen and oxygen atoms in total. The highest BCUT2D eigenvalue weighted by atomic mass is 32.2. The zero-order chi connectivity index (χ0) is 16.0. The van der Waals surface area contributed by atoms with Gasteiger partial charge in [-0.15, -0.1) is 0 Å². The van der Waals surface area contributed by atoms with E-state index in [0.717, 1.165) is 6.26 Å². The number of aliphatic carboxylic acids is 1. The van der Waals surface area contributed by atoms with Crippen LogP contribution in [0.25, 0.3) is 0 Å². The zero-order valence-electron chi connectivity index (χ0n) is 12.4. The van der Waals surface area contributed by atoms with Gasteiger partial charge in [0.15, 0.2) is 9.84 Å². The fourth-order valence-electron chi connectivity index (χ4n) is 1.23. The van der Waals surface area contributed by atoms with Gasteiger partial charge in [-0.1, -0.05) is 6.92 Å². The number of carboxylic acid groups (broad SMARTS) is 1. The molecule has 0 aliphatic rings. The molecule has 0 rings (SSSR count). The lowest BCUT2D eigenvalue weighted by atomic mass is 10.1. The monoisotopic (exact) mass is 308 g/mol. The Morgan fingerprint density at radius 1 is 1.25 bits per heavy atom. The van der Waals surface area contributed by atoms with Gasteiger partial charge in [-0.2, -0.15) is 0 Å². The third-order valence-corrected chi connectivity index (χ3v) is 5.29. The predicted molar refractivity (Wildman–Crippen MR) is 76.4 cm³/mol. The van der Waals surface area contributed by atoms with Crippen LogP contribution in [0.2, 0.25) is 0 Å². The maximum Gasteiger partial charge on any atom is 0.314 e. The van der Waals surface area contributed by atoms with Crippen molar-refractivity contribution in [3.63, 3.8) is 0 Å². The Bertz CT molecular complexity index is 445. The minimum absolute atomic E-state index is 0.0151. The van der Waals surface area contributed by atoms with E-state index in [0.29, 0.717) is 13.0 Å². The van der Waals surface area contributed by atoms with Crippen LogP contribution in [0.3, 0.4) is 0 Å². The van der Waals surface area contributed by atoms with Crippen LogP contribution < -0.4 is 10.6 Å². The van der Waals surface area contributed by atoms with E-state index < -0.39 is 26.6 Å². The van der Waals surface area contributed by atoms with Crippen molar-refractivity contribution in [2.24, 2.45) is 5.92 Å². The van der Waals surface area contributed by atoms with Gasteiger partial charge in [0, 0.05) is 25.8 Å². The first kappa shape index (κ1) is 18.7. The van der Waals surface area contributed by atoms with Gasteiger partial charge >= 0.3 is 12.0 Å². The number of carbonyl (C=O) groups excluding carboxylic acids is 1. The van der Waals surface area contributed by atoms with Crippen molar-refractivity contribution < 1.29 is 23.1 Å². The number of sulfone groups is 1. The van der Waals surface area contributed by atoms with Crippen molar-refractivity contribution in [2.45, 2.75) is 38.4 Å². The van der Waals surface area contributed by atoms with Crippen LogP contribution in [0.5, 0.6) is 0 Å². The Hall–Kier alpha value is -1.31. The molecule has 0 aromatic carbocycles. The van der Waals surface area contributed by atoms with E-state index in [4.69, 9.17) is 5.11 Å². The number of urea groups is 1. The first-order chi connectivity index (χ1) is 8.95. The highest BCUT2D eigenvalue weighted by Gasteiger charge is 2.30. The highest BCUT2D eigenvalue weighted by molar-refractivity contribution is 7.92. The molecule has 0 bridgehead atoms. The summed E-state index contributed by atoms with van der Waals surface area (Å²) < 4.78 is 21.9. The largest absolute Gasteiger partial charge is 0.481 e. The van der Waals surface area contributed by atoms with E-state index in [2.05, 4.69) is 10.6 Å². The number of nitrogens with one attached hydrogen (secondary N) is 2. The molecule has 0 aliphatic carbocycles. The fourth-order valence-corrected chi connectivity index (χ4v) is 1.56. The maximum absolute atomic E-state index is 11.5.